The van der Waals surface area contributed by atoms with Gasteiger partial charge in [-0.1, -0.05) is 140 Å². The average molecular weight is 762 g/mol. The first-order valence-electron chi connectivity index (χ1n) is 19.9. The molecule has 0 saturated carbocycles. The second-order valence-corrected chi connectivity index (χ2v) is 16.3. The van der Waals surface area contributed by atoms with Crippen molar-refractivity contribution in [3.63, 3.8) is 0 Å². The maximum Gasteiger partial charge on any atom is 0.156 e. The highest BCUT2D eigenvalue weighted by atomic mass is 32.1. The Kier molecular flexibility index (Phi) is 7.41. The van der Waals surface area contributed by atoms with Crippen molar-refractivity contribution < 1.29 is 4.42 Å². The Labute approximate surface area is 338 Å². The molecule has 0 radical (unpaired) electrons. The van der Waals surface area contributed by atoms with E-state index in [9.17, 15) is 0 Å². The number of aliphatic imine (C=N–C) groups is 2. The van der Waals surface area contributed by atoms with E-state index in [2.05, 4.69) is 193 Å². The van der Waals surface area contributed by atoms with Gasteiger partial charge in [-0.15, -0.1) is 11.3 Å². The zero-order chi connectivity index (χ0) is 38.3. The van der Waals surface area contributed by atoms with E-state index in [1.807, 2.05) is 11.3 Å². The zero-order valence-electron chi connectivity index (χ0n) is 31.6. The maximum absolute atomic E-state index is 6.75. The minimum absolute atomic E-state index is 0.0635. The zero-order valence-corrected chi connectivity index (χ0v) is 32.4. The molecule has 3 aromatic heterocycles. The molecule has 1 aliphatic heterocycles. The summed E-state index contributed by atoms with van der Waals surface area (Å²) in [6, 6.07) is 64.9. The monoisotopic (exact) mass is 761 g/mol. The Morgan fingerprint density at radius 2 is 1.16 bits per heavy atom. The highest BCUT2D eigenvalue weighted by Gasteiger charge is 2.30. The number of para-hydroxylation sites is 2. The molecule has 58 heavy (non-hydrogen) atoms. The molecule has 0 spiro atoms. The molecule has 12 rings (SSSR count). The number of fused-ring (bicyclic) bond motifs is 9. The van der Waals surface area contributed by atoms with Crippen molar-refractivity contribution in [2.75, 3.05) is 0 Å². The molecule has 8 aromatic carbocycles. The Balaban J connectivity index is 1.05. The summed E-state index contributed by atoms with van der Waals surface area (Å²) in [4.78, 5) is 10.9. The Hall–Kier alpha value is -7.08. The largest absolute Gasteiger partial charge is 0.456 e. The quantitative estimate of drug-likeness (QED) is 0.172. The number of benzene rings is 8. The second-order valence-electron chi connectivity index (χ2n) is 15.3. The lowest BCUT2D eigenvalue weighted by Gasteiger charge is -2.28. The van der Waals surface area contributed by atoms with Gasteiger partial charge in [-0.3, -0.25) is 4.99 Å². The van der Waals surface area contributed by atoms with Crippen molar-refractivity contribution in [3.05, 3.63) is 199 Å². The van der Waals surface area contributed by atoms with Crippen LogP contribution in [0.5, 0.6) is 0 Å². The topological polar surface area (TPSA) is 42.8 Å². The van der Waals surface area contributed by atoms with Gasteiger partial charge in [-0.05, 0) is 70.8 Å². The number of amidine groups is 1. The van der Waals surface area contributed by atoms with Gasteiger partial charge in [0.05, 0.1) is 33.9 Å². The van der Waals surface area contributed by atoms with Crippen molar-refractivity contribution in [2.45, 2.75) is 13.0 Å². The van der Waals surface area contributed by atoms with Gasteiger partial charge in [0.25, 0.3) is 0 Å². The van der Waals surface area contributed by atoms with Crippen LogP contribution in [0.3, 0.4) is 0 Å². The fraction of sp³-hybridized carbons (Fsp3) is 0.0566. The highest BCUT2D eigenvalue weighted by molar-refractivity contribution is 7.26. The number of nitrogens with zero attached hydrogens (tertiary/aromatic N) is 3. The van der Waals surface area contributed by atoms with Crippen molar-refractivity contribution >= 4 is 86.8 Å². The third-order valence-corrected chi connectivity index (χ3v) is 13.1. The molecule has 4 nitrogen and oxygen atoms in total. The van der Waals surface area contributed by atoms with E-state index in [4.69, 9.17) is 14.4 Å². The SMILES string of the molecule is CC1C(c2ccccc2)=NC(c2cccc3sc4cccc(-c5ccc6c(c5)oc5cccc(-n7c8ccccc8c8ccccc87)c56)c4c23)=NC1c1ccccc1. The predicted molar refractivity (Wildman–Crippen MR) is 244 cm³/mol. The predicted octanol–water partition coefficient (Wildman–Crippen LogP) is 14.3. The standard InChI is InChI=1S/C53H35N3OS/c1-32-51(33-15-4-2-5-16-33)54-53(55-52(32)34-17-6-3-7-18-34)40-22-13-28-47-50(40)49-36(21-12-27-46(49)58-47)35-29-30-39-45(31-35)57-44-26-14-25-43(48(39)44)56-41-23-10-8-19-37(41)38-20-9-11-24-42(38)56/h2-32,51H,1H3. The van der Waals surface area contributed by atoms with Crippen molar-refractivity contribution in [2.24, 2.45) is 15.9 Å². The molecule has 2 atom stereocenters. The van der Waals surface area contributed by atoms with Crippen LogP contribution in [0.15, 0.2) is 196 Å². The van der Waals surface area contributed by atoms with Gasteiger partial charge in [0.15, 0.2) is 5.84 Å². The summed E-state index contributed by atoms with van der Waals surface area (Å²) in [7, 11) is 0. The van der Waals surface area contributed by atoms with Gasteiger partial charge in [0.1, 0.15) is 11.2 Å². The summed E-state index contributed by atoms with van der Waals surface area (Å²) in [5, 5.41) is 7.10. The summed E-state index contributed by atoms with van der Waals surface area (Å²) >= 11 is 1.82. The number of furan rings is 1. The molecule has 0 amide bonds. The molecule has 274 valence electrons. The summed E-state index contributed by atoms with van der Waals surface area (Å²) in [5.41, 5.74) is 11.9. The molecule has 11 aromatic rings. The highest BCUT2D eigenvalue weighted by Crippen LogP contribution is 2.45. The molecule has 5 heteroatoms. The smallest absolute Gasteiger partial charge is 0.156 e. The molecular formula is C53H35N3OS. The first-order chi connectivity index (χ1) is 28.7. The Morgan fingerprint density at radius 1 is 0.517 bits per heavy atom. The number of rotatable bonds is 5. The molecule has 0 N–H and O–H groups in total. The molecule has 0 fully saturated rings. The lowest BCUT2D eigenvalue weighted by Crippen LogP contribution is -2.26. The van der Waals surface area contributed by atoms with Gasteiger partial charge in [-0.2, -0.15) is 0 Å². The van der Waals surface area contributed by atoms with Crippen LogP contribution >= 0.6 is 11.3 Å². The van der Waals surface area contributed by atoms with Crippen LogP contribution in [0.25, 0.3) is 80.7 Å². The molecule has 2 unspecified atom stereocenters. The van der Waals surface area contributed by atoms with E-state index in [0.29, 0.717) is 0 Å². The van der Waals surface area contributed by atoms with Crippen molar-refractivity contribution in [1.82, 2.24) is 4.57 Å². The van der Waals surface area contributed by atoms with Gasteiger partial charge in [-0.25, -0.2) is 4.99 Å². The maximum atomic E-state index is 6.75. The first-order valence-corrected chi connectivity index (χ1v) is 20.7. The van der Waals surface area contributed by atoms with E-state index in [-0.39, 0.29) is 12.0 Å². The van der Waals surface area contributed by atoms with Gasteiger partial charge in [0, 0.05) is 47.8 Å². The number of hydrogen-bond acceptors (Lipinski definition) is 4. The fourth-order valence-corrected chi connectivity index (χ4v) is 10.5. The minimum Gasteiger partial charge on any atom is -0.456 e. The third-order valence-electron chi connectivity index (χ3n) is 12.0. The summed E-state index contributed by atoms with van der Waals surface area (Å²) in [5.74, 6) is 0.879. The Morgan fingerprint density at radius 3 is 1.90 bits per heavy atom. The molecule has 1 aliphatic rings. The van der Waals surface area contributed by atoms with Crippen LogP contribution in [0, 0.1) is 5.92 Å². The summed E-state index contributed by atoms with van der Waals surface area (Å²) in [6.07, 6.45) is 0. The molecule has 0 aliphatic carbocycles. The summed E-state index contributed by atoms with van der Waals surface area (Å²) < 4.78 is 11.6. The van der Waals surface area contributed by atoms with E-state index in [0.717, 1.165) is 61.4 Å². The molecular weight excluding hydrogens is 727 g/mol. The van der Waals surface area contributed by atoms with Crippen LogP contribution in [0.2, 0.25) is 0 Å². The van der Waals surface area contributed by atoms with Crippen LogP contribution in [0.4, 0.5) is 0 Å². The van der Waals surface area contributed by atoms with Crippen LogP contribution in [0.1, 0.15) is 29.7 Å². The fourth-order valence-electron chi connectivity index (χ4n) is 9.35. The molecule has 4 heterocycles. The summed E-state index contributed by atoms with van der Waals surface area (Å²) in [6.45, 7) is 2.25. The number of aromatic nitrogens is 1. The van der Waals surface area contributed by atoms with Crippen molar-refractivity contribution in [1.29, 1.82) is 0 Å². The second kappa shape index (κ2) is 13.0. The number of thiophene rings is 1. The van der Waals surface area contributed by atoms with E-state index < -0.39 is 0 Å². The van der Waals surface area contributed by atoms with Gasteiger partial charge >= 0.3 is 0 Å². The van der Waals surface area contributed by atoms with Gasteiger partial charge in [0.2, 0.25) is 0 Å². The number of hydrogen-bond donors (Lipinski definition) is 0. The van der Waals surface area contributed by atoms with E-state index in [1.165, 1.54) is 47.5 Å². The van der Waals surface area contributed by atoms with E-state index >= 15 is 0 Å². The normalized spacial score (nSPS) is 15.9. The average Bonchev–Trinajstić information content (AvgIpc) is 3.96. The van der Waals surface area contributed by atoms with Crippen LogP contribution < -0.4 is 0 Å². The third kappa shape index (κ3) is 5.00. The molecule has 0 saturated heterocycles. The van der Waals surface area contributed by atoms with Crippen LogP contribution in [-0.4, -0.2) is 16.1 Å². The van der Waals surface area contributed by atoms with Crippen molar-refractivity contribution in [3.8, 4) is 16.8 Å². The first kappa shape index (κ1) is 33.1. The lowest BCUT2D eigenvalue weighted by atomic mass is 9.86. The van der Waals surface area contributed by atoms with Crippen LogP contribution in [-0.2, 0) is 0 Å². The molecule has 0 bridgehead atoms. The lowest BCUT2D eigenvalue weighted by molar-refractivity contribution is 0.592. The minimum atomic E-state index is -0.0635. The van der Waals surface area contributed by atoms with E-state index in [1.54, 1.807) is 0 Å². The van der Waals surface area contributed by atoms with Gasteiger partial charge < -0.3 is 8.98 Å². The Bertz CT molecular complexity index is 3430.